The summed E-state index contributed by atoms with van der Waals surface area (Å²) in [6, 6.07) is 13.8. The molecule has 0 fully saturated rings. The van der Waals surface area contributed by atoms with Crippen LogP contribution in [0.2, 0.25) is 0 Å². The van der Waals surface area contributed by atoms with Crippen molar-refractivity contribution in [1.82, 2.24) is 14.8 Å². The molecular weight excluding hydrogens is 338 g/mol. The first-order chi connectivity index (χ1) is 13.1. The number of fused-ring (bicyclic) bond motifs is 1. The van der Waals surface area contributed by atoms with Crippen molar-refractivity contribution >= 4 is 17.5 Å². The lowest BCUT2D eigenvalue weighted by atomic mass is 9.98. The zero-order valence-electron chi connectivity index (χ0n) is 14.8. The number of anilines is 2. The van der Waals surface area contributed by atoms with Crippen molar-refractivity contribution in [3.05, 3.63) is 76.6 Å². The van der Waals surface area contributed by atoms with Gasteiger partial charge < -0.3 is 16.8 Å². The fourth-order valence-electron chi connectivity index (χ4n) is 3.26. The molecule has 0 saturated carbocycles. The smallest absolute Gasteiger partial charge is 0.151 e. The van der Waals surface area contributed by atoms with Crippen LogP contribution in [0.3, 0.4) is 0 Å². The number of rotatable bonds is 3. The Labute approximate surface area is 156 Å². The summed E-state index contributed by atoms with van der Waals surface area (Å²) in [5.41, 5.74) is 16.9. The van der Waals surface area contributed by atoms with Gasteiger partial charge in [-0.05, 0) is 24.1 Å². The van der Waals surface area contributed by atoms with Crippen LogP contribution in [0.15, 0.2) is 54.4 Å². The summed E-state index contributed by atoms with van der Waals surface area (Å²) < 4.78 is 1.52. The van der Waals surface area contributed by atoms with E-state index in [1.54, 1.807) is 12.4 Å². The predicted molar refractivity (Wildman–Crippen MR) is 104 cm³/mol. The molecule has 7 nitrogen and oxygen atoms in total. The number of nitrogens with one attached hydrogen (secondary N) is 1. The molecule has 1 atom stereocenters. The number of nitrogen functional groups attached to an aromatic ring is 1. The van der Waals surface area contributed by atoms with E-state index < -0.39 is 6.04 Å². The van der Waals surface area contributed by atoms with Crippen molar-refractivity contribution in [2.45, 2.75) is 19.4 Å². The van der Waals surface area contributed by atoms with Crippen LogP contribution in [-0.4, -0.2) is 14.8 Å². The lowest BCUT2D eigenvalue weighted by molar-refractivity contribution is 0.797. The van der Waals surface area contributed by atoms with Gasteiger partial charge in [0.05, 0.1) is 11.6 Å². The molecule has 5 N–H and O–H groups in total. The molecule has 3 aromatic rings. The number of aryl methyl sites for hydroxylation is 1. The lowest BCUT2D eigenvalue weighted by Crippen LogP contribution is -2.27. The number of pyridine rings is 1. The number of nitrogens with zero attached hydrogens (tertiary/aromatic N) is 4. The van der Waals surface area contributed by atoms with Crippen LogP contribution in [0.5, 0.6) is 0 Å². The van der Waals surface area contributed by atoms with E-state index in [0.29, 0.717) is 23.6 Å². The Morgan fingerprint density at radius 1 is 1.22 bits per heavy atom. The summed E-state index contributed by atoms with van der Waals surface area (Å²) in [5, 5.41) is 17.4. The van der Waals surface area contributed by atoms with Crippen molar-refractivity contribution < 1.29 is 0 Å². The topological polar surface area (TPSA) is 119 Å². The van der Waals surface area contributed by atoms with Crippen LogP contribution < -0.4 is 16.8 Å². The molecule has 2 aromatic heterocycles. The zero-order chi connectivity index (χ0) is 19.0. The van der Waals surface area contributed by atoms with E-state index in [2.05, 4.69) is 52.7 Å². The molecule has 1 aromatic carbocycles. The summed E-state index contributed by atoms with van der Waals surface area (Å²) >= 11 is 0. The molecule has 0 unspecified atom stereocenters. The van der Waals surface area contributed by atoms with Crippen LogP contribution in [0.25, 0.3) is 5.82 Å². The Kier molecular flexibility index (Phi) is 4.01. The highest BCUT2D eigenvalue weighted by atomic mass is 15.4. The first kappa shape index (κ1) is 16.7. The first-order valence-corrected chi connectivity index (χ1v) is 8.58. The fraction of sp³-hybridized carbons (Fsp3) is 0.150. The predicted octanol–water partition coefficient (Wildman–Crippen LogP) is 2.58. The Hall–Kier alpha value is -3.79. The van der Waals surface area contributed by atoms with Crippen molar-refractivity contribution in [2.75, 3.05) is 11.1 Å². The minimum Gasteiger partial charge on any atom is -0.383 e. The minimum atomic E-state index is -0.399. The molecule has 0 radical (unpaired) electrons. The van der Waals surface area contributed by atoms with Crippen molar-refractivity contribution in [1.29, 1.82) is 5.26 Å². The van der Waals surface area contributed by atoms with E-state index in [-0.39, 0.29) is 5.82 Å². The van der Waals surface area contributed by atoms with Gasteiger partial charge in [-0.2, -0.15) is 9.94 Å². The molecule has 0 amide bonds. The van der Waals surface area contributed by atoms with Gasteiger partial charge in [-0.1, -0.05) is 35.9 Å². The van der Waals surface area contributed by atoms with E-state index >= 15 is 0 Å². The zero-order valence-corrected chi connectivity index (χ0v) is 14.8. The van der Waals surface area contributed by atoms with Gasteiger partial charge in [-0.15, -0.1) is 5.10 Å². The van der Waals surface area contributed by atoms with Crippen molar-refractivity contribution in [3.8, 4) is 6.07 Å². The second kappa shape index (κ2) is 6.50. The van der Waals surface area contributed by atoms with Gasteiger partial charge in [-0.25, -0.2) is 0 Å². The van der Waals surface area contributed by atoms with E-state index in [9.17, 15) is 5.26 Å². The van der Waals surface area contributed by atoms with Crippen molar-refractivity contribution in [2.24, 2.45) is 5.73 Å². The maximum absolute atomic E-state index is 9.64. The molecule has 3 heterocycles. The van der Waals surface area contributed by atoms with E-state index in [4.69, 9.17) is 11.5 Å². The maximum atomic E-state index is 9.64. The standard InChI is InChI=1S/C20H19N7/c1-12-4-6-13(7-5-12)9-15-18(22)26-27-19(23)16(10-21)17(25-20(15)27)14-3-2-8-24-11-14/h2-8,11,17,25H,9,23H2,1H3,(H2,22,26)/t17-/m0/s1. The summed E-state index contributed by atoms with van der Waals surface area (Å²) in [4.78, 5) is 4.15. The third kappa shape index (κ3) is 2.87. The van der Waals surface area contributed by atoms with Crippen LogP contribution in [-0.2, 0) is 6.42 Å². The third-order valence-corrected chi connectivity index (χ3v) is 4.73. The summed E-state index contributed by atoms with van der Waals surface area (Å²) in [5.74, 6) is 1.38. The van der Waals surface area contributed by atoms with Gasteiger partial charge in [-0.3, -0.25) is 4.98 Å². The second-order valence-corrected chi connectivity index (χ2v) is 6.56. The van der Waals surface area contributed by atoms with Gasteiger partial charge >= 0.3 is 0 Å². The highest BCUT2D eigenvalue weighted by molar-refractivity contribution is 5.73. The Bertz CT molecular complexity index is 1060. The average Bonchev–Trinajstić information content (AvgIpc) is 3.00. The van der Waals surface area contributed by atoms with Crippen LogP contribution in [0.1, 0.15) is 28.3 Å². The molecule has 4 rings (SSSR count). The highest BCUT2D eigenvalue weighted by Crippen LogP contribution is 2.37. The number of benzene rings is 1. The average molecular weight is 357 g/mol. The fourth-order valence-corrected chi connectivity index (χ4v) is 3.26. The Balaban J connectivity index is 1.79. The van der Waals surface area contributed by atoms with E-state index in [1.165, 1.54) is 10.2 Å². The molecule has 134 valence electrons. The molecule has 1 aliphatic heterocycles. The molecule has 1 aliphatic rings. The quantitative estimate of drug-likeness (QED) is 0.663. The van der Waals surface area contributed by atoms with Gasteiger partial charge in [0.25, 0.3) is 0 Å². The van der Waals surface area contributed by atoms with Gasteiger partial charge in [0.1, 0.15) is 17.7 Å². The van der Waals surface area contributed by atoms with Crippen LogP contribution in [0, 0.1) is 18.3 Å². The largest absolute Gasteiger partial charge is 0.383 e. The Morgan fingerprint density at radius 3 is 2.67 bits per heavy atom. The van der Waals surface area contributed by atoms with Gasteiger partial charge in [0.15, 0.2) is 5.82 Å². The first-order valence-electron chi connectivity index (χ1n) is 8.58. The van der Waals surface area contributed by atoms with Crippen LogP contribution >= 0.6 is 0 Å². The summed E-state index contributed by atoms with van der Waals surface area (Å²) in [7, 11) is 0. The number of hydrogen-bond acceptors (Lipinski definition) is 6. The lowest BCUT2D eigenvalue weighted by Gasteiger charge is -2.27. The monoisotopic (exact) mass is 357 g/mol. The maximum Gasteiger partial charge on any atom is 0.151 e. The van der Waals surface area contributed by atoms with E-state index in [0.717, 1.165) is 16.7 Å². The number of hydrogen-bond donors (Lipinski definition) is 3. The van der Waals surface area contributed by atoms with Crippen molar-refractivity contribution in [3.63, 3.8) is 0 Å². The Morgan fingerprint density at radius 2 is 2.00 bits per heavy atom. The number of aromatic nitrogens is 3. The normalized spacial score (nSPS) is 15.8. The minimum absolute atomic E-state index is 0.280. The number of nitriles is 1. The SMILES string of the molecule is Cc1ccc(Cc2c(N)nn3c2N[C@@H](c2cccnc2)C(C#N)=C3N)cc1. The van der Waals surface area contributed by atoms with Gasteiger partial charge in [0.2, 0.25) is 0 Å². The highest BCUT2D eigenvalue weighted by Gasteiger charge is 2.31. The molecule has 0 spiro atoms. The van der Waals surface area contributed by atoms with E-state index in [1.807, 2.05) is 12.1 Å². The molecule has 0 aliphatic carbocycles. The summed E-state index contributed by atoms with van der Waals surface area (Å²) in [6.07, 6.45) is 4.02. The molecule has 7 heteroatoms. The molecule has 27 heavy (non-hydrogen) atoms. The summed E-state index contributed by atoms with van der Waals surface area (Å²) in [6.45, 7) is 2.05. The van der Waals surface area contributed by atoms with Crippen LogP contribution in [0.4, 0.5) is 11.6 Å². The molecular formula is C20H19N7. The van der Waals surface area contributed by atoms with Gasteiger partial charge in [0, 0.05) is 24.4 Å². The second-order valence-electron chi connectivity index (χ2n) is 6.56. The molecule has 0 bridgehead atoms. The third-order valence-electron chi connectivity index (χ3n) is 4.73. The number of nitrogens with two attached hydrogens (primary N) is 2. The molecule has 0 saturated heterocycles.